The highest BCUT2D eigenvalue weighted by Crippen LogP contribution is 2.48. The maximum absolute atomic E-state index is 13.4. The van der Waals surface area contributed by atoms with Crippen molar-refractivity contribution in [1.29, 1.82) is 0 Å². The zero-order chi connectivity index (χ0) is 20.7. The smallest absolute Gasteiger partial charge is 0.308 e. The second-order valence-electron chi connectivity index (χ2n) is 6.66. The Hall–Kier alpha value is -3.13. The Kier molecular flexibility index (Phi) is 4.87. The summed E-state index contributed by atoms with van der Waals surface area (Å²) in [5.41, 5.74) is 1.30. The zero-order valence-corrected chi connectivity index (χ0v) is 17.0. The molecule has 1 aliphatic heterocycles. The fraction of sp³-hybridized carbons (Fsp3) is 0.238. The summed E-state index contributed by atoms with van der Waals surface area (Å²) in [6, 6.07) is 11.1. The average molecular weight is 414 g/mol. The van der Waals surface area contributed by atoms with Crippen LogP contribution in [0.15, 0.2) is 47.3 Å². The van der Waals surface area contributed by atoms with E-state index in [1.54, 1.807) is 27.3 Å². The standard InChI is InChI=1S/C21H19FN2O4S/c1-23-20-19(29-21(23)26)15(14-5-4-6-16(27-2)18(14)28-3)11-17(25)24(20)13-9-7-12(22)8-10-13/h4-10,15H,11H2,1-3H3/t15-/m1/s1. The van der Waals surface area contributed by atoms with E-state index in [1.807, 2.05) is 12.1 Å². The van der Waals surface area contributed by atoms with Gasteiger partial charge in [-0.3, -0.25) is 19.1 Å². The molecule has 2 aromatic carbocycles. The van der Waals surface area contributed by atoms with Crippen LogP contribution in [-0.2, 0) is 11.8 Å². The summed E-state index contributed by atoms with van der Waals surface area (Å²) >= 11 is 1.10. The number of rotatable bonds is 4. The summed E-state index contributed by atoms with van der Waals surface area (Å²) < 4.78 is 25.8. The highest BCUT2D eigenvalue weighted by atomic mass is 32.1. The molecular formula is C21H19FN2O4S. The van der Waals surface area contributed by atoms with Crippen molar-refractivity contribution in [2.24, 2.45) is 7.05 Å². The minimum atomic E-state index is -0.392. The first-order chi connectivity index (χ1) is 14.0. The van der Waals surface area contributed by atoms with Crippen LogP contribution in [0.2, 0.25) is 0 Å². The van der Waals surface area contributed by atoms with E-state index < -0.39 is 5.82 Å². The summed E-state index contributed by atoms with van der Waals surface area (Å²) in [5, 5.41) is 0. The molecule has 0 saturated heterocycles. The summed E-state index contributed by atoms with van der Waals surface area (Å²) in [6.45, 7) is 0. The van der Waals surface area contributed by atoms with Crippen LogP contribution in [-0.4, -0.2) is 24.7 Å². The van der Waals surface area contributed by atoms with E-state index in [2.05, 4.69) is 0 Å². The molecule has 0 saturated carbocycles. The van der Waals surface area contributed by atoms with Gasteiger partial charge in [0.15, 0.2) is 11.5 Å². The fourth-order valence-electron chi connectivity index (χ4n) is 3.72. The minimum absolute atomic E-state index is 0.147. The molecule has 8 heteroatoms. The first-order valence-corrected chi connectivity index (χ1v) is 9.77. The number of hydrogen-bond acceptors (Lipinski definition) is 5. The van der Waals surface area contributed by atoms with Gasteiger partial charge in [0.2, 0.25) is 5.91 Å². The number of anilines is 2. The largest absolute Gasteiger partial charge is 0.493 e. The third-order valence-electron chi connectivity index (χ3n) is 5.06. The fourth-order valence-corrected chi connectivity index (χ4v) is 4.80. The molecule has 1 aliphatic rings. The SMILES string of the molecule is COc1cccc([C@H]2CC(=O)N(c3ccc(F)cc3)c3c2sc(=O)n3C)c1OC. The second-order valence-corrected chi connectivity index (χ2v) is 7.65. The van der Waals surface area contributed by atoms with Crippen LogP contribution < -0.4 is 19.2 Å². The lowest BCUT2D eigenvalue weighted by atomic mass is 9.89. The lowest BCUT2D eigenvalue weighted by Gasteiger charge is -2.32. The van der Waals surface area contributed by atoms with Gasteiger partial charge >= 0.3 is 4.87 Å². The van der Waals surface area contributed by atoms with Crippen LogP contribution >= 0.6 is 11.3 Å². The predicted molar refractivity (Wildman–Crippen MR) is 109 cm³/mol. The van der Waals surface area contributed by atoms with Crippen molar-refractivity contribution >= 4 is 28.7 Å². The molecule has 0 unspecified atom stereocenters. The molecule has 0 N–H and O–H groups in total. The third-order valence-corrected chi connectivity index (χ3v) is 6.19. The number of nitrogens with zero attached hydrogens (tertiary/aromatic N) is 2. The number of ether oxygens (including phenoxy) is 2. The number of hydrogen-bond donors (Lipinski definition) is 0. The molecule has 0 radical (unpaired) electrons. The van der Waals surface area contributed by atoms with Gasteiger partial charge < -0.3 is 9.47 Å². The first kappa shape index (κ1) is 19.2. The van der Waals surface area contributed by atoms with Crippen LogP contribution in [0.4, 0.5) is 15.9 Å². The van der Waals surface area contributed by atoms with Crippen molar-refractivity contribution in [2.75, 3.05) is 19.1 Å². The van der Waals surface area contributed by atoms with Crippen LogP contribution in [0, 0.1) is 5.82 Å². The molecule has 4 rings (SSSR count). The Morgan fingerprint density at radius 1 is 1.07 bits per heavy atom. The first-order valence-electron chi connectivity index (χ1n) is 8.95. The zero-order valence-electron chi connectivity index (χ0n) is 16.1. The van der Waals surface area contributed by atoms with Gasteiger partial charge in [0.05, 0.1) is 24.8 Å². The van der Waals surface area contributed by atoms with Crippen LogP contribution in [0.5, 0.6) is 11.5 Å². The van der Waals surface area contributed by atoms with Crippen molar-refractivity contribution < 1.29 is 18.7 Å². The number of halogens is 1. The maximum atomic E-state index is 13.4. The molecule has 29 heavy (non-hydrogen) atoms. The minimum Gasteiger partial charge on any atom is -0.493 e. The second kappa shape index (κ2) is 7.36. The molecule has 3 aromatic rings. The lowest BCUT2D eigenvalue weighted by Crippen LogP contribution is -2.34. The van der Waals surface area contributed by atoms with E-state index in [1.165, 1.54) is 33.7 Å². The molecule has 0 bridgehead atoms. The average Bonchev–Trinajstić information content (AvgIpc) is 3.02. The van der Waals surface area contributed by atoms with Crippen molar-refractivity contribution in [3.8, 4) is 11.5 Å². The number of benzene rings is 2. The number of para-hydroxylation sites is 1. The van der Waals surface area contributed by atoms with E-state index >= 15 is 0 Å². The van der Waals surface area contributed by atoms with Gasteiger partial charge in [-0.05, 0) is 30.3 Å². The van der Waals surface area contributed by atoms with E-state index in [0.29, 0.717) is 23.0 Å². The molecule has 2 heterocycles. The highest BCUT2D eigenvalue weighted by Gasteiger charge is 2.38. The summed E-state index contributed by atoms with van der Waals surface area (Å²) in [7, 11) is 4.73. The molecular weight excluding hydrogens is 395 g/mol. The van der Waals surface area contributed by atoms with E-state index in [0.717, 1.165) is 21.8 Å². The third kappa shape index (κ3) is 3.09. The van der Waals surface area contributed by atoms with Crippen LogP contribution in [0.3, 0.4) is 0 Å². The molecule has 0 fully saturated rings. The van der Waals surface area contributed by atoms with Gasteiger partial charge in [0, 0.05) is 24.9 Å². The van der Waals surface area contributed by atoms with Crippen molar-refractivity contribution in [3.05, 3.63) is 68.4 Å². The lowest BCUT2D eigenvalue weighted by molar-refractivity contribution is -0.118. The normalized spacial score (nSPS) is 15.9. The molecule has 1 atom stereocenters. The molecule has 6 nitrogen and oxygen atoms in total. The Bertz CT molecular complexity index is 1140. The van der Waals surface area contributed by atoms with E-state index in [4.69, 9.17) is 9.47 Å². The van der Waals surface area contributed by atoms with Crippen LogP contribution in [0.25, 0.3) is 0 Å². The number of amides is 1. The number of methoxy groups -OCH3 is 2. The maximum Gasteiger partial charge on any atom is 0.308 e. The molecule has 1 amide bonds. The Balaban J connectivity index is 1.91. The van der Waals surface area contributed by atoms with Gasteiger partial charge in [-0.15, -0.1) is 0 Å². The predicted octanol–water partition coefficient (Wildman–Crippen LogP) is 3.80. The molecule has 150 valence electrons. The van der Waals surface area contributed by atoms with Gasteiger partial charge in [-0.1, -0.05) is 23.5 Å². The quantitative estimate of drug-likeness (QED) is 0.652. The van der Waals surface area contributed by atoms with E-state index in [-0.39, 0.29) is 23.1 Å². The number of carbonyl (C=O) groups excluding carboxylic acids is 1. The van der Waals surface area contributed by atoms with Gasteiger partial charge in [0.25, 0.3) is 0 Å². The van der Waals surface area contributed by atoms with Crippen molar-refractivity contribution in [2.45, 2.75) is 12.3 Å². The summed E-state index contributed by atoms with van der Waals surface area (Å²) in [4.78, 5) is 27.8. The summed E-state index contributed by atoms with van der Waals surface area (Å²) in [5.74, 6) is 0.667. The van der Waals surface area contributed by atoms with E-state index in [9.17, 15) is 14.0 Å². The van der Waals surface area contributed by atoms with Gasteiger partial charge in [-0.2, -0.15) is 0 Å². The highest BCUT2D eigenvalue weighted by molar-refractivity contribution is 7.10. The number of carbonyl (C=O) groups is 1. The number of thiazole rings is 1. The number of fused-ring (bicyclic) bond motifs is 1. The van der Waals surface area contributed by atoms with Gasteiger partial charge in [0.1, 0.15) is 11.6 Å². The monoisotopic (exact) mass is 414 g/mol. The Labute approximate surface area is 170 Å². The Morgan fingerprint density at radius 2 is 1.79 bits per heavy atom. The summed E-state index contributed by atoms with van der Waals surface area (Å²) in [6.07, 6.45) is 0.147. The molecule has 1 aromatic heterocycles. The Morgan fingerprint density at radius 3 is 2.45 bits per heavy atom. The number of aromatic nitrogens is 1. The molecule has 0 spiro atoms. The van der Waals surface area contributed by atoms with Crippen molar-refractivity contribution in [3.63, 3.8) is 0 Å². The van der Waals surface area contributed by atoms with Crippen LogP contribution in [0.1, 0.15) is 22.8 Å². The van der Waals surface area contributed by atoms with Crippen molar-refractivity contribution in [1.82, 2.24) is 4.57 Å². The molecule has 0 aliphatic carbocycles. The topological polar surface area (TPSA) is 60.8 Å². The van der Waals surface area contributed by atoms with Gasteiger partial charge in [-0.25, -0.2) is 4.39 Å².